The number of carbonyl (C=O) groups is 1. The van der Waals surface area contributed by atoms with E-state index in [0.717, 1.165) is 0 Å². The third-order valence-corrected chi connectivity index (χ3v) is 1.10. The van der Waals surface area contributed by atoms with Crippen molar-refractivity contribution in [2.24, 2.45) is 0 Å². The fourth-order valence-electron chi connectivity index (χ4n) is 0.574. The maximum atomic E-state index is 12.4. The van der Waals surface area contributed by atoms with Crippen LogP contribution in [0.2, 0.25) is 0 Å². The molecule has 66 valence electrons. The summed E-state index contributed by atoms with van der Waals surface area (Å²) in [6.45, 7) is 0.574. The Morgan fingerprint density at radius 3 is 2.58 bits per heavy atom. The second kappa shape index (κ2) is 2.54. The van der Waals surface area contributed by atoms with Crippen LogP contribution in [0.5, 0.6) is 0 Å². The number of hydrogen-bond donors (Lipinski definition) is 1. The van der Waals surface area contributed by atoms with Crippen LogP contribution >= 0.6 is 0 Å². The molecule has 0 spiro atoms. The topological polar surface area (TPSA) is 63.3 Å². The van der Waals surface area contributed by atoms with E-state index in [1.54, 1.807) is 0 Å². The van der Waals surface area contributed by atoms with Gasteiger partial charge in [-0.15, -0.1) is 0 Å². The summed E-state index contributed by atoms with van der Waals surface area (Å²) >= 11 is 0. The number of aromatic nitrogens is 1. The zero-order valence-corrected chi connectivity index (χ0v) is 6.04. The highest BCUT2D eigenvalue weighted by molar-refractivity contribution is 5.84. The van der Waals surface area contributed by atoms with Crippen molar-refractivity contribution in [1.82, 2.24) is 4.98 Å². The van der Waals surface area contributed by atoms with E-state index in [1.165, 1.54) is 0 Å². The lowest BCUT2D eigenvalue weighted by atomic mass is 10.4. The molecule has 0 bridgehead atoms. The van der Waals surface area contributed by atoms with Crippen LogP contribution in [0.4, 0.5) is 8.78 Å². The molecule has 0 aliphatic rings. The van der Waals surface area contributed by atoms with E-state index in [9.17, 15) is 13.6 Å². The zero-order chi connectivity index (χ0) is 9.35. The van der Waals surface area contributed by atoms with Crippen LogP contribution in [0.15, 0.2) is 10.7 Å². The van der Waals surface area contributed by atoms with Crippen LogP contribution in [0.25, 0.3) is 0 Å². The van der Waals surface area contributed by atoms with Gasteiger partial charge in [-0.25, -0.2) is 9.78 Å². The van der Waals surface area contributed by atoms with Crippen LogP contribution in [-0.2, 0) is 5.92 Å². The molecule has 0 aromatic carbocycles. The summed E-state index contributed by atoms with van der Waals surface area (Å²) in [4.78, 5) is 13.2. The third kappa shape index (κ3) is 1.58. The lowest BCUT2D eigenvalue weighted by molar-refractivity contribution is -0.0109. The van der Waals surface area contributed by atoms with Gasteiger partial charge in [0.05, 0.1) is 0 Å². The normalized spacial score (nSPS) is 11.6. The molecule has 0 saturated carbocycles. The van der Waals surface area contributed by atoms with E-state index in [4.69, 9.17) is 5.11 Å². The number of carboxylic acid groups (broad SMARTS) is 1. The lowest BCUT2D eigenvalue weighted by Crippen LogP contribution is -2.08. The summed E-state index contributed by atoms with van der Waals surface area (Å²) in [6.07, 6.45) is 0.676. The molecule has 0 aliphatic heterocycles. The van der Waals surface area contributed by atoms with Crippen LogP contribution < -0.4 is 0 Å². The second-order valence-electron chi connectivity index (χ2n) is 2.23. The standard InChI is InChI=1S/C6H5F2NO3/c1-6(7,8)5-9-3(2-12-5)4(10)11/h2H,1H3,(H,10,11). The van der Waals surface area contributed by atoms with Gasteiger partial charge in [0.1, 0.15) is 6.26 Å². The average molecular weight is 177 g/mol. The molecule has 1 aromatic heterocycles. The lowest BCUT2D eigenvalue weighted by Gasteiger charge is -2.01. The molecule has 0 unspecified atom stereocenters. The van der Waals surface area contributed by atoms with Gasteiger partial charge in [0.25, 0.3) is 5.89 Å². The van der Waals surface area contributed by atoms with Crippen molar-refractivity contribution in [2.75, 3.05) is 0 Å². The smallest absolute Gasteiger partial charge is 0.357 e. The van der Waals surface area contributed by atoms with Gasteiger partial charge in [-0.05, 0) is 0 Å². The summed E-state index contributed by atoms with van der Waals surface area (Å²) in [5.74, 6) is -5.53. The predicted octanol–water partition coefficient (Wildman–Crippen LogP) is 1.48. The summed E-state index contributed by atoms with van der Waals surface area (Å²) in [5, 5.41) is 8.30. The molecule has 0 saturated heterocycles. The van der Waals surface area contributed by atoms with Gasteiger partial charge in [-0.1, -0.05) is 0 Å². The molecule has 12 heavy (non-hydrogen) atoms. The quantitative estimate of drug-likeness (QED) is 0.743. The van der Waals surface area contributed by atoms with Crippen molar-refractivity contribution in [1.29, 1.82) is 0 Å². The van der Waals surface area contributed by atoms with Gasteiger partial charge in [0.2, 0.25) is 0 Å². The number of nitrogens with zero attached hydrogens (tertiary/aromatic N) is 1. The monoisotopic (exact) mass is 177 g/mol. The number of alkyl halides is 2. The number of halogens is 2. The van der Waals surface area contributed by atoms with Crippen molar-refractivity contribution in [2.45, 2.75) is 12.8 Å². The van der Waals surface area contributed by atoms with E-state index >= 15 is 0 Å². The van der Waals surface area contributed by atoms with Crippen molar-refractivity contribution in [3.8, 4) is 0 Å². The van der Waals surface area contributed by atoms with Gasteiger partial charge in [-0.2, -0.15) is 8.78 Å². The predicted molar refractivity (Wildman–Crippen MR) is 33.0 cm³/mol. The minimum Gasteiger partial charge on any atom is -0.476 e. The molecule has 0 amide bonds. The van der Waals surface area contributed by atoms with Gasteiger partial charge in [0, 0.05) is 6.92 Å². The molecule has 1 heterocycles. The molecular formula is C6H5F2NO3. The fraction of sp³-hybridized carbons (Fsp3) is 0.333. The molecule has 6 heteroatoms. The average Bonchev–Trinajstić information content (AvgIpc) is 2.30. The fourth-order valence-corrected chi connectivity index (χ4v) is 0.574. The highest BCUT2D eigenvalue weighted by Gasteiger charge is 2.31. The maximum absolute atomic E-state index is 12.4. The van der Waals surface area contributed by atoms with Gasteiger partial charge in [0.15, 0.2) is 5.69 Å². The first kappa shape index (κ1) is 8.63. The van der Waals surface area contributed by atoms with Gasteiger partial charge in [-0.3, -0.25) is 0 Å². The molecule has 1 N–H and O–H groups in total. The van der Waals surface area contributed by atoms with Crippen LogP contribution in [-0.4, -0.2) is 16.1 Å². The highest BCUT2D eigenvalue weighted by atomic mass is 19.3. The molecule has 0 atom stereocenters. The number of oxazole rings is 1. The van der Waals surface area contributed by atoms with Crippen LogP contribution in [0, 0.1) is 0 Å². The first-order valence-corrected chi connectivity index (χ1v) is 2.98. The molecule has 4 nitrogen and oxygen atoms in total. The number of aromatic carboxylic acids is 1. The van der Waals surface area contributed by atoms with Crippen LogP contribution in [0.1, 0.15) is 23.3 Å². The molecule has 1 aromatic rings. The minimum atomic E-state index is -3.24. The van der Waals surface area contributed by atoms with Crippen molar-refractivity contribution in [3.05, 3.63) is 17.8 Å². The Hall–Kier alpha value is -1.46. The largest absolute Gasteiger partial charge is 0.476 e. The Balaban J connectivity index is 3.00. The van der Waals surface area contributed by atoms with E-state index in [0.29, 0.717) is 13.2 Å². The van der Waals surface area contributed by atoms with Gasteiger partial charge < -0.3 is 9.52 Å². The van der Waals surface area contributed by atoms with E-state index in [2.05, 4.69) is 9.40 Å². The Morgan fingerprint density at radius 2 is 2.33 bits per heavy atom. The third-order valence-electron chi connectivity index (χ3n) is 1.10. The minimum absolute atomic E-state index is 0.522. The number of carboxylic acids is 1. The molecule has 1 rings (SSSR count). The number of rotatable bonds is 2. The Kier molecular flexibility index (Phi) is 1.83. The Morgan fingerprint density at radius 1 is 1.75 bits per heavy atom. The van der Waals surface area contributed by atoms with E-state index < -0.39 is 23.5 Å². The van der Waals surface area contributed by atoms with Crippen LogP contribution in [0.3, 0.4) is 0 Å². The molecular weight excluding hydrogens is 172 g/mol. The second-order valence-corrected chi connectivity index (χ2v) is 2.23. The molecule has 0 radical (unpaired) electrons. The van der Waals surface area contributed by atoms with E-state index in [1.807, 2.05) is 0 Å². The SMILES string of the molecule is CC(F)(F)c1nc(C(=O)O)co1. The van der Waals surface area contributed by atoms with E-state index in [-0.39, 0.29) is 0 Å². The van der Waals surface area contributed by atoms with Crippen molar-refractivity contribution in [3.63, 3.8) is 0 Å². The maximum Gasteiger partial charge on any atom is 0.357 e. The molecule has 0 fully saturated rings. The summed E-state index contributed by atoms with van der Waals surface area (Å²) in [6, 6.07) is 0. The number of hydrogen-bond acceptors (Lipinski definition) is 3. The highest BCUT2D eigenvalue weighted by Crippen LogP contribution is 2.25. The summed E-state index contributed by atoms with van der Waals surface area (Å²) < 4.78 is 29.0. The zero-order valence-electron chi connectivity index (χ0n) is 6.04. The molecule has 0 aliphatic carbocycles. The van der Waals surface area contributed by atoms with Crippen molar-refractivity contribution >= 4 is 5.97 Å². The van der Waals surface area contributed by atoms with Gasteiger partial charge >= 0.3 is 11.9 Å². The summed E-state index contributed by atoms with van der Waals surface area (Å²) in [5.41, 5.74) is -0.522. The Bertz CT molecular complexity index is 302. The summed E-state index contributed by atoms with van der Waals surface area (Å²) in [7, 11) is 0. The first-order valence-electron chi connectivity index (χ1n) is 2.98. The Labute approximate surface area is 65.8 Å². The first-order chi connectivity index (χ1) is 5.41. The van der Waals surface area contributed by atoms with Crippen molar-refractivity contribution < 1.29 is 23.1 Å².